The first kappa shape index (κ1) is 21.3. The van der Waals surface area contributed by atoms with Gasteiger partial charge in [-0.2, -0.15) is 10.4 Å². The first-order valence-electron chi connectivity index (χ1n) is 8.93. The highest BCUT2D eigenvalue weighted by Gasteiger charge is 2.82. The number of hydrogen-bond acceptors (Lipinski definition) is 11. The molecule has 0 aromatic carbocycles. The van der Waals surface area contributed by atoms with Crippen molar-refractivity contribution in [1.82, 2.24) is 24.7 Å². The van der Waals surface area contributed by atoms with E-state index in [1.54, 1.807) is 18.3 Å². The molecule has 3 heterocycles. The fourth-order valence-electron chi connectivity index (χ4n) is 4.04. The number of nitriles is 1. The van der Waals surface area contributed by atoms with E-state index >= 15 is 0 Å². The molecule has 0 spiro atoms. The highest BCUT2D eigenvalue weighted by Crippen LogP contribution is 2.55. The van der Waals surface area contributed by atoms with Gasteiger partial charge in [-0.25, -0.2) is 9.97 Å². The van der Waals surface area contributed by atoms with Gasteiger partial charge in [0.25, 0.3) is 5.79 Å². The summed E-state index contributed by atoms with van der Waals surface area (Å²) in [5, 5.41) is 85.2. The van der Waals surface area contributed by atoms with Gasteiger partial charge < -0.3 is 40.7 Å². The second-order valence-electron chi connectivity index (χ2n) is 7.47. The molecule has 1 aliphatic carbocycles. The Kier molecular flexibility index (Phi) is 4.51. The topological polar surface area (TPSA) is 225 Å². The molecule has 160 valence electrons. The minimum absolute atomic E-state index is 0.411. The van der Waals surface area contributed by atoms with Gasteiger partial charge in [0, 0.05) is 23.3 Å². The van der Waals surface area contributed by atoms with Crippen LogP contribution < -0.4 is 0 Å². The third kappa shape index (κ3) is 2.66. The number of nitrogens with one attached hydrogen (secondary N) is 1. The Labute approximate surface area is 174 Å². The Bertz CT molecular complexity index is 1160. The Morgan fingerprint density at radius 1 is 1.16 bits per heavy atom. The molecule has 8 N–H and O–H groups in total. The third-order valence-corrected chi connectivity index (χ3v) is 5.72. The zero-order chi connectivity index (χ0) is 22.8. The van der Waals surface area contributed by atoms with Crippen LogP contribution in [0, 0.1) is 17.2 Å². The summed E-state index contributed by atoms with van der Waals surface area (Å²) in [6, 6.07) is 1.92. The molecule has 31 heavy (non-hydrogen) atoms. The number of hydrogen-bond donors (Lipinski definition) is 8. The Morgan fingerprint density at radius 3 is 2.48 bits per heavy atom. The molecule has 0 bridgehead atoms. The molecule has 3 atom stereocenters. The lowest BCUT2D eigenvalue weighted by Crippen LogP contribution is -2.67. The average Bonchev–Trinajstić information content (AvgIpc) is 3.37. The van der Waals surface area contributed by atoms with Crippen LogP contribution >= 0.6 is 0 Å². The van der Waals surface area contributed by atoms with E-state index in [-0.39, 0.29) is 0 Å². The fourth-order valence-corrected chi connectivity index (χ4v) is 4.04. The molecule has 0 aliphatic heterocycles. The van der Waals surface area contributed by atoms with Crippen molar-refractivity contribution >= 4 is 18.9 Å². The number of fused-ring (bicyclic) bond motifs is 1. The number of aliphatic hydroxyl groups is 7. The van der Waals surface area contributed by atoms with Crippen molar-refractivity contribution in [1.29, 1.82) is 5.26 Å². The summed E-state index contributed by atoms with van der Waals surface area (Å²) < 4.78 is 1.01. The Hall–Kier alpha value is -2.90. The quantitative estimate of drug-likeness (QED) is 0.153. The van der Waals surface area contributed by atoms with Crippen LogP contribution in [-0.4, -0.2) is 91.2 Å². The van der Waals surface area contributed by atoms with Crippen molar-refractivity contribution < 1.29 is 35.7 Å². The van der Waals surface area contributed by atoms with Crippen molar-refractivity contribution in [2.45, 2.75) is 35.3 Å². The lowest BCUT2D eigenvalue weighted by Gasteiger charge is -2.38. The maximum atomic E-state index is 10.5. The van der Waals surface area contributed by atoms with Crippen molar-refractivity contribution in [2.75, 3.05) is 0 Å². The lowest BCUT2D eigenvalue weighted by molar-refractivity contribution is -0.432. The molecule has 4 rings (SSSR count). The van der Waals surface area contributed by atoms with E-state index in [0.29, 0.717) is 22.3 Å². The predicted molar refractivity (Wildman–Crippen MR) is 100 cm³/mol. The molecule has 1 saturated carbocycles. The predicted octanol–water partition coefficient (Wildman–Crippen LogP) is -3.19. The third-order valence-electron chi connectivity index (χ3n) is 5.72. The number of nitrogens with zero attached hydrogens (tertiary/aromatic N) is 5. The van der Waals surface area contributed by atoms with E-state index in [1.807, 2.05) is 0 Å². The summed E-state index contributed by atoms with van der Waals surface area (Å²) >= 11 is 0. The van der Waals surface area contributed by atoms with Crippen LogP contribution in [0.3, 0.4) is 0 Å². The van der Waals surface area contributed by atoms with Gasteiger partial charge in [-0.05, 0) is 6.07 Å². The molecule has 13 nitrogen and oxygen atoms in total. The van der Waals surface area contributed by atoms with E-state index < -0.39 is 41.2 Å². The van der Waals surface area contributed by atoms with Crippen molar-refractivity contribution in [2.24, 2.45) is 5.92 Å². The van der Waals surface area contributed by atoms with Gasteiger partial charge in [0.1, 0.15) is 19.8 Å². The van der Waals surface area contributed by atoms with E-state index in [4.69, 9.17) is 7.85 Å². The second kappa shape index (κ2) is 6.55. The molecule has 14 heteroatoms. The standard InChI is InChI=1S/C17H17BN6O7/c18-14(25)12(15(26,27)17(30,31)16(14,28)29)10(1-3-19)24-6-8(5-23-24)11-9-2-4-20-13(9)22-7-21-11/h2,4-7,10,12,25-31H,1H2,(H,20,21,22)/t10-,12?,14?/m1/s1. The summed E-state index contributed by atoms with van der Waals surface area (Å²) in [6.45, 7) is 0. The number of aromatic nitrogens is 5. The van der Waals surface area contributed by atoms with Crippen LogP contribution in [-0.2, 0) is 0 Å². The van der Waals surface area contributed by atoms with Crippen LogP contribution in [0.5, 0.6) is 0 Å². The summed E-state index contributed by atoms with van der Waals surface area (Å²) in [5.74, 6) is -14.1. The molecular weight excluding hydrogens is 411 g/mol. The first-order chi connectivity index (χ1) is 14.4. The van der Waals surface area contributed by atoms with Crippen LogP contribution in [0.15, 0.2) is 31.0 Å². The van der Waals surface area contributed by atoms with E-state index in [2.05, 4.69) is 20.1 Å². The smallest absolute Gasteiger partial charge is 0.276 e. The molecule has 2 radical (unpaired) electrons. The highest BCUT2D eigenvalue weighted by atomic mass is 16.7. The van der Waals surface area contributed by atoms with Crippen LogP contribution in [0.25, 0.3) is 22.3 Å². The molecule has 3 aromatic heterocycles. The minimum atomic E-state index is -4.07. The van der Waals surface area contributed by atoms with Crippen molar-refractivity contribution in [3.8, 4) is 17.3 Å². The van der Waals surface area contributed by atoms with Gasteiger partial charge in [-0.1, -0.05) is 0 Å². The summed E-state index contributed by atoms with van der Waals surface area (Å²) in [7, 11) is 5.54. The van der Waals surface area contributed by atoms with E-state index in [9.17, 15) is 41.0 Å². The lowest BCUT2D eigenvalue weighted by atomic mass is 9.66. The molecular formula is C17H17BN6O7. The largest absolute Gasteiger partial charge is 0.394 e. The summed E-state index contributed by atoms with van der Waals surface area (Å²) in [4.78, 5) is 11.2. The van der Waals surface area contributed by atoms with Crippen molar-refractivity contribution in [3.63, 3.8) is 0 Å². The number of H-pyrrole nitrogens is 1. The Balaban J connectivity index is 1.83. The second-order valence-corrected chi connectivity index (χ2v) is 7.47. The molecule has 2 unspecified atom stereocenters. The molecule has 1 aliphatic rings. The van der Waals surface area contributed by atoms with Gasteiger partial charge in [-0.15, -0.1) is 0 Å². The zero-order valence-electron chi connectivity index (χ0n) is 15.7. The minimum Gasteiger partial charge on any atom is -0.394 e. The molecule has 0 saturated heterocycles. The molecule has 0 amide bonds. The summed E-state index contributed by atoms with van der Waals surface area (Å²) in [5.41, 5.74) is -1.98. The van der Waals surface area contributed by atoms with E-state index in [0.717, 1.165) is 4.68 Å². The van der Waals surface area contributed by atoms with Crippen molar-refractivity contribution in [3.05, 3.63) is 31.0 Å². The highest BCUT2D eigenvalue weighted by molar-refractivity contribution is 6.16. The van der Waals surface area contributed by atoms with Gasteiger partial charge in [0.05, 0.1) is 41.8 Å². The normalized spacial score (nSPS) is 27.2. The van der Waals surface area contributed by atoms with Gasteiger partial charge >= 0.3 is 0 Å². The Morgan fingerprint density at radius 2 is 1.87 bits per heavy atom. The van der Waals surface area contributed by atoms with Gasteiger partial charge in [-0.3, -0.25) is 4.68 Å². The SMILES string of the molecule is [B]C1(O)C([C@@H](CC#N)n2cc(-c3ncnc4[nH]ccc34)cn2)C(O)(O)C(O)(O)C1(O)O. The van der Waals surface area contributed by atoms with Crippen LogP contribution in [0.2, 0.25) is 0 Å². The maximum Gasteiger partial charge on any atom is 0.276 e. The molecule has 1 fully saturated rings. The number of aromatic amines is 1. The van der Waals surface area contributed by atoms with Gasteiger partial charge in [0.15, 0.2) is 0 Å². The fraction of sp³-hybridized carbons (Fsp3) is 0.412. The van der Waals surface area contributed by atoms with Gasteiger partial charge in [0.2, 0.25) is 11.6 Å². The molecule has 3 aromatic rings. The zero-order valence-corrected chi connectivity index (χ0v) is 15.7. The van der Waals surface area contributed by atoms with Crippen LogP contribution in [0.1, 0.15) is 12.5 Å². The monoisotopic (exact) mass is 428 g/mol. The van der Waals surface area contributed by atoms with Crippen LogP contribution in [0.4, 0.5) is 0 Å². The number of rotatable bonds is 4. The maximum absolute atomic E-state index is 10.5. The van der Waals surface area contributed by atoms with E-state index in [1.165, 1.54) is 18.7 Å². The first-order valence-corrected chi connectivity index (χ1v) is 8.93. The average molecular weight is 428 g/mol. The summed E-state index contributed by atoms with van der Waals surface area (Å²) in [6.07, 6.45) is 5.04.